The Labute approximate surface area is 204 Å². The number of hydrogen-bond acceptors (Lipinski definition) is 8. The zero-order chi connectivity index (χ0) is 24.0. The number of hydrogen-bond donors (Lipinski definition) is 3. The molecule has 2 aromatic heterocycles. The van der Waals surface area contributed by atoms with Gasteiger partial charge in [-0.2, -0.15) is 14.7 Å². The third-order valence-corrected chi connectivity index (χ3v) is 5.80. The van der Waals surface area contributed by atoms with Gasteiger partial charge < -0.3 is 20.1 Å². The topological polar surface area (TPSA) is 99.3 Å². The van der Waals surface area contributed by atoms with E-state index in [1.165, 1.54) is 5.56 Å². The van der Waals surface area contributed by atoms with Gasteiger partial charge in [0.2, 0.25) is 0 Å². The molecule has 9 heteroatoms. The highest BCUT2D eigenvalue weighted by molar-refractivity contribution is 5.80. The van der Waals surface area contributed by atoms with Crippen molar-refractivity contribution in [2.45, 2.75) is 6.92 Å². The SMILES string of the molecule is Cc1cccc(/C=N/Nc2cc(N3CCOCC3)n3nc(-c4ccc(NCCO)cc4)cc3n2)c1. The highest BCUT2D eigenvalue weighted by Crippen LogP contribution is 2.26. The van der Waals surface area contributed by atoms with Crippen molar-refractivity contribution >= 4 is 29.2 Å². The van der Waals surface area contributed by atoms with Crippen molar-refractivity contribution in [1.29, 1.82) is 0 Å². The van der Waals surface area contributed by atoms with Crippen LogP contribution in [0.25, 0.3) is 16.9 Å². The molecule has 180 valence electrons. The van der Waals surface area contributed by atoms with Gasteiger partial charge in [0.15, 0.2) is 11.5 Å². The minimum absolute atomic E-state index is 0.0928. The average molecular weight is 472 g/mol. The fourth-order valence-corrected chi connectivity index (χ4v) is 4.06. The van der Waals surface area contributed by atoms with E-state index in [-0.39, 0.29) is 6.61 Å². The molecule has 2 aromatic carbocycles. The van der Waals surface area contributed by atoms with Gasteiger partial charge in [-0.3, -0.25) is 5.43 Å². The van der Waals surface area contributed by atoms with Crippen molar-refractivity contribution in [3.63, 3.8) is 0 Å². The van der Waals surface area contributed by atoms with Crippen LogP contribution in [0.3, 0.4) is 0 Å². The summed E-state index contributed by atoms with van der Waals surface area (Å²) in [4.78, 5) is 7.02. The van der Waals surface area contributed by atoms with Crippen molar-refractivity contribution in [3.8, 4) is 11.3 Å². The Morgan fingerprint density at radius 1 is 1.09 bits per heavy atom. The van der Waals surface area contributed by atoms with Crippen LogP contribution in [-0.2, 0) is 4.74 Å². The number of benzene rings is 2. The summed E-state index contributed by atoms with van der Waals surface area (Å²) in [6.45, 7) is 5.59. The Balaban J connectivity index is 1.46. The number of ether oxygens (including phenoxy) is 1. The van der Waals surface area contributed by atoms with Gasteiger partial charge in [-0.05, 0) is 24.6 Å². The molecule has 0 atom stereocenters. The number of hydrazone groups is 1. The van der Waals surface area contributed by atoms with Crippen LogP contribution in [-0.4, -0.2) is 65.4 Å². The van der Waals surface area contributed by atoms with Crippen LogP contribution in [0, 0.1) is 6.92 Å². The molecule has 9 nitrogen and oxygen atoms in total. The van der Waals surface area contributed by atoms with Gasteiger partial charge in [0.1, 0.15) is 5.82 Å². The second-order valence-electron chi connectivity index (χ2n) is 8.41. The molecule has 0 amide bonds. The fourth-order valence-electron chi connectivity index (χ4n) is 4.06. The number of aromatic nitrogens is 3. The predicted octanol–water partition coefficient (Wildman–Crippen LogP) is 3.39. The zero-order valence-electron chi connectivity index (χ0n) is 19.7. The molecule has 0 aliphatic carbocycles. The summed E-state index contributed by atoms with van der Waals surface area (Å²) in [7, 11) is 0. The van der Waals surface area contributed by atoms with Crippen molar-refractivity contribution < 1.29 is 9.84 Å². The van der Waals surface area contributed by atoms with Crippen molar-refractivity contribution in [2.24, 2.45) is 5.10 Å². The first-order valence-electron chi connectivity index (χ1n) is 11.7. The molecular weight excluding hydrogens is 442 g/mol. The van der Waals surface area contributed by atoms with E-state index in [0.29, 0.717) is 25.6 Å². The van der Waals surface area contributed by atoms with Crippen LogP contribution in [0.2, 0.25) is 0 Å². The van der Waals surface area contributed by atoms with E-state index in [1.807, 2.05) is 53.0 Å². The number of anilines is 3. The molecule has 3 N–H and O–H groups in total. The van der Waals surface area contributed by atoms with E-state index in [2.05, 4.69) is 39.8 Å². The normalized spacial score (nSPS) is 14.1. The van der Waals surface area contributed by atoms with Crippen LogP contribution in [0.15, 0.2) is 65.8 Å². The Hall–Kier alpha value is -3.95. The first kappa shape index (κ1) is 22.8. The summed E-state index contributed by atoms with van der Waals surface area (Å²) in [6, 6.07) is 20.1. The molecule has 0 radical (unpaired) electrons. The Morgan fingerprint density at radius 2 is 1.91 bits per heavy atom. The highest BCUT2D eigenvalue weighted by atomic mass is 16.5. The van der Waals surface area contributed by atoms with Crippen LogP contribution in [0.4, 0.5) is 17.3 Å². The monoisotopic (exact) mass is 471 g/mol. The maximum Gasteiger partial charge on any atom is 0.160 e. The maximum atomic E-state index is 9.01. The predicted molar refractivity (Wildman–Crippen MR) is 139 cm³/mol. The first-order valence-corrected chi connectivity index (χ1v) is 11.7. The third-order valence-electron chi connectivity index (χ3n) is 5.80. The minimum atomic E-state index is 0.0928. The molecule has 35 heavy (non-hydrogen) atoms. The fraction of sp³-hybridized carbons (Fsp3) is 0.269. The molecule has 1 saturated heterocycles. The number of aliphatic hydroxyl groups excluding tert-OH is 1. The summed E-state index contributed by atoms with van der Waals surface area (Å²) >= 11 is 0. The largest absolute Gasteiger partial charge is 0.395 e. The molecule has 4 aromatic rings. The van der Waals surface area contributed by atoms with E-state index >= 15 is 0 Å². The van der Waals surface area contributed by atoms with Gasteiger partial charge in [-0.1, -0.05) is 42.0 Å². The van der Waals surface area contributed by atoms with Gasteiger partial charge in [0.05, 0.1) is 31.7 Å². The molecule has 0 unspecified atom stereocenters. The lowest BCUT2D eigenvalue weighted by atomic mass is 10.1. The van der Waals surface area contributed by atoms with Gasteiger partial charge in [0.25, 0.3) is 0 Å². The van der Waals surface area contributed by atoms with E-state index in [1.54, 1.807) is 6.21 Å². The van der Waals surface area contributed by atoms with Crippen LogP contribution in [0.5, 0.6) is 0 Å². The molecule has 0 bridgehead atoms. The molecule has 0 spiro atoms. The number of aryl methyl sites for hydroxylation is 1. The van der Waals surface area contributed by atoms with Crippen molar-refractivity contribution in [3.05, 3.63) is 71.8 Å². The first-order chi connectivity index (χ1) is 17.2. The standard InChI is InChI=1S/C26H29N7O2/c1-19-3-2-4-20(15-19)18-28-30-24-17-26(32-10-13-35-14-11-32)33-25(29-24)16-23(31-33)21-5-7-22(8-6-21)27-9-12-34/h2-8,15-18,27,34H,9-14H2,1H3,(H,29,30)/b28-18+. The van der Waals surface area contributed by atoms with E-state index in [9.17, 15) is 0 Å². The summed E-state index contributed by atoms with van der Waals surface area (Å²) in [5.41, 5.74) is 8.82. The van der Waals surface area contributed by atoms with E-state index < -0.39 is 0 Å². The number of nitrogens with one attached hydrogen (secondary N) is 2. The van der Waals surface area contributed by atoms with Gasteiger partial charge in [-0.25, -0.2) is 4.98 Å². The minimum Gasteiger partial charge on any atom is -0.395 e. The van der Waals surface area contributed by atoms with E-state index in [4.69, 9.17) is 19.9 Å². The number of rotatable bonds is 8. The van der Waals surface area contributed by atoms with E-state index in [0.717, 1.165) is 47.1 Å². The molecular formula is C26H29N7O2. The maximum absolute atomic E-state index is 9.01. The Kier molecular flexibility index (Phi) is 6.87. The lowest BCUT2D eigenvalue weighted by Gasteiger charge is -2.29. The second kappa shape index (κ2) is 10.5. The second-order valence-corrected chi connectivity index (χ2v) is 8.41. The Bertz CT molecular complexity index is 1310. The van der Waals surface area contributed by atoms with Gasteiger partial charge in [0, 0.05) is 43.0 Å². The lowest BCUT2D eigenvalue weighted by molar-refractivity contribution is 0.122. The molecule has 3 heterocycles. The van der Waals surface area contributed by atoms with Crippen LogP contribution >= 0.6 is 0 Å². The molecule has 1 aliphatic rings. The van der Waals surface area contributed by atoms with Crippen LogP contribution < -0.4 is 15.6 Å². The zero-order valence-corrected chi connectivity index (χ0v) is 19.7. The average Bonchev–Trinajstić information content (AvgIpc) is 3.32. The summed E-state index contributed by atoms with van der Waals surface area (Å²) in [5, 5.41) is 21.5. The summed E-state index contributed by atoms with van der Waals surface area (Å²) in [6.07, 6.45) is 1.79. The lowest BCUT2D eigenvalue weighted by Crippen LogP contribution is -2.37. The Morgan fingerprint density at radius 3 is 2.69 bits per heavy atom. The van der Waals surface area contributed by atoms with Gasteiger partial charge in [-0.15, -0.1) is 0 Å². The van der Waals surface area contributed by atoms with Crippen molar-refractivity contribution in [1.82, 2.24) is 14.6 Å². The molecule has 5 rings (SSSR count). The smallest absolute Gasteiger partial charge is 0.160 e. The third kappa shape index (κ3) is 5.42. The summed E-state index contributed by atoms with van der Waals surface area (Å²) < 4.78 is 7.44. The van der Waals surface area contributed by atoms with Crippen LogP contribution in [0.1, 0.15) is 11.1 Å². The number of nitrogens with zero attached hydrogens (tertiary/aromatic N) is 5. The van der Waals surface area contributed by atoms with Gasteiger partial charge >= 0.3 is 0 Å². The number of aliphatic hydroxyl groups is 1. The number of fused-ring (bicyclic) bond motifs is 1. The quantitative estimate of drug-likeness (QED) is 0.268. The highest BCUT2D eigenvalue weighted by Gasteiger charge is 2.18. The molecule has 1 fully saturated rings. The molecule has 0 saturated carbocycles. The summed E-state index contributed by atoms with van der Waals surface area (Å²) in [5.74, 6) is 1.59. The number of morpholine rings is 1. The molecule has 1 aliphatic heterocycles. The van der Waals surface area contributed by atoms with Crippen molar-refractivity contribution in [2.75, 3.05) is 55.1 Å².